The second-order valence-electron chi connectivity index (χ2n) is 3.41. The van der Waals surface area contributed by atoms with Crippen LogP contribution in [0.4, 0.5) is 11.4 Å². The van der Waals surface area contributed by atoms with E-state index in [-0.39, 0.29) is 0 Å². The fourth-order valence-electron chi connectivity index (χ4n) is 1.22. The molecule has 6 heteroatoms. The number of hydrogen-bond donors (Lipinski definition) is 1. The third kappa shape index (κ3) is 3.83. The van der Waals surface area contributed by atoms with Crippen LogP contribution in [0.25, 0.3) is 0 Å². The van der Waals surface area contributed by atoms with E-state index in [9.17, 15) is 0 Å². The number of nitrogens with one attached hydrogen (secondary N) is 1. The molecule has 2 aromatic carbocycles. The summed E-state index contributed by atoms with van der Waals surface area (Å²) in [7, 11) is 0. The van der Waals surface area contributed by atoms with Gasteiger partial charge in [0.05, 0.1) is 10.7 Å². The molecule has 0 unspecified atom stereocenters. The van der Waals surface area contributed by atoms with Crippen LogP contribution in [0.5, 0.6) is 0 Å². The Morgan fingerprint density at radius 2 is 1.72 bits per heavy atom. The lowest BCUT2D eigenvalue weighted by molar-refractivity contribution is 1.13. The van der Waals surface area contributed by atoms with Gasteiger partial charge in [0.2, 0.25) is 0 Å². The number of anilines is 1. The Kier molecular flexibility index (Phi) is 4.79. The highest BCUT2D eigenvalue weighted by atomic mass is 127. The zero-order valence-corrected chi connectivity index (χ0v) is 12.7. The van der Waals surface area contributed by atoms with Crippen LogP contribution in [-0.4, -0.2) is 0 Å². The van der Waals surface area contributed by atoms with Gasteiger partial charge in [0.25, 0.3) is 0 Å². The summed E-state index contributed by atoms with van der Waals surface area (Å²) in [5, 5.41) is 8.93. The molecule has 0 atom stereocenters. The summed E-state index contributed by atoms with van der Waals surface area (Å²) in [6.45, 7) is 0. The first-order valence-electron chi connectivity index (χ1n) is 5.02. The normalized spacial score (nSPS) is 10.8. The maximum Gasteiger partial charge on any atom is 0.107 e. The minimum atomic E-state index is 0.507. The molecular weight excluding hydrogens is 384 g/mol. The highest BCUT2D eigenvalue weighted by molar-refractivity contribution is 14.1. The summed E-state index contributed by atoms with van der Waals surface area (Å²) in [4.78, 5) is 0. The van der Waals surface area contributed by atoms with Crippen molar-refractivity contribution >= 4 is 57.2 Å². The first-order valence-corrected chi connectivity index (χ1v) is 6.86. The molecule has 0 aliphatic carbocycles. The van der Waals surface area contributed by atoms with Gasteiger partial charge in [-0.2, -0.15) is 0 Å². The van der Waals surface area contributed by atoms with E-state index in [0.29, 0.717) is 15.7 Å². The molecule has 0 aliphatic heterocycles. The molecule has 2 rings (SSSR count). The van der Waals surface area contributed by atoms with E-state index >= 15 is 0 Å². The second kappa shape index (κ2) is 6.36. The van der Waals surface area contributed by atoms with Crippen LogP contribution >= 0.6 is 45.8 Å². The first-order chi connectivity index (χ1) is 8.65. The van der Waals surface area contributed by atoms with Crippen molar-refractivity contribution in [2.24, 2.45) is 10.3 Å². The lowest BCUT2D eigenvalue weighted by Gasteiger charge is -2.00. The van der Waals surface area contributed by atoms with E-state index in [1.165, 1.54) is 0 Å². The predicted octanol–water partition coefficient (Wildman–Crippen LogP) is 5.71. The standard InChI is InChI=1S/C12H8Cl2IN3/c13-8-1-6-11(14)12(7-8)17-18-16-10-4-2-9(15)3-5-10/h1-7H,(H,16,17). The lowest BCUT2D eigenvalue weighted by atomic mass is 10.3. The Bertz CT molecular complexity index is 570. The molecule has 0 saturated heterocycles. The SMILES string of the molecule is Clc1ccc(Cl)c(N=NNc2ccc(I)cc2)c1. The molecule has 2 aromatic rings. The first kappa shape index (κ1) is 13.6. The number of halogens is 3. The van der Waals surface area contributed by atoms with Crippen molar-refractivity contribution in [2.45, 2.75) is 0 Å². The zero-order valence-electron chi connectivity index (χ0n) is 9.07. The molecular formula is C12H8Cl2IN3. The molecule has 0 radical (unpaired) electrons. The van der Waals surface area contributed by atoms with Crippen LogP contribution in [0.15, 0.2) is 52.8 Å². The van der Waals surface area contributed by atoms with Gasteiger partial charge in [0, 0.05) is 8.59 Å². The Labute approximate surface area is 128 Å². The van der Waals surface area contributed by atoms with Crippen molar-refractivity contribution in [1.82, 2.24) is 0 Å². The van der Waals surface area contributed by atoms with Gasteiger partial charge in [-0.05, 0) is 65.1 Å². The summed E-state index contributed by atoms with van der Waals surface area (Å²) < 4.78 is 1.16. The summed E-state index contributed by atoms with van der Waals surface area (Å²) >= 11 is 14.0. The molecule has 0 spiro atoms. The van der Waals surface area contributed by atoms with Gasteiger partial charge in [0.15, 0.2) is 0 Å². The number of hydrogen-bond acceptors (Lipinski definition) is 2. The van der Waals surface area contributed by atoms with Gasteiger partial charge < -0.3 is 0 Å². The van der Waals surface area contributed by atoms with E-state index in [1.807, 2.05) is 24.3 Å². The van der Waals surface area contributed by atoms with E-state index in [4.69, 9.17) is 23.2 Å². The van der Waals surface area contributed by atoms with Crippen LogP contribution in [0.1, 0.15) is 0 Å². The van der Waals surface area contributed by atoms with E-state index < -0.39 is 0 Å². The summed E-state index contributed by atoms with van der Waals surface area (Å²) in [5.74, 6) is 0. The quantitative estimate of drug-likeness (QED) is 0.406. The molecule has 0 saturated carbocycles. The number of rotatable bonds is 3. The summed E-state index contributed by atoms with van der Waals surface area (Å²) in [6, 6.07) is 12.8. The number of benzene rings is 2. The molecule has 1 N–H and O–H groups in total. The molecule has 18 heavy (non-hydrogen) atoms. The van der Waals surface area contributed by atoms with Gasteiger partial charge in [0.1, 0.15) is 5.69 Å². The van der Waals surface area contributed by atoms with Gasteiger partial charge in [-0.1, -0.05) is 28.4 Å². The van der Waals surface area contributed by atoms with Crippen LogP contribution in [-0.2, 0) is 0 Å². The maximum absolute atomic E-state index is 5.96. The molecule has 0 bridgehead atoms. The Balaban J connectivity index is 2.07. The van der Waals surface area contributed by atoms with Crippen molar-refractivity contribution in [3.05, 3.63) is 56.1 Å². The molecule has 3 nitrogen and oxygen atoms in total. The van der Waals surface area contributed by atoms with Crippen LogP contribution in [0.3, 0.4) is 0 Å². The molecule has 0 aliphatic rings. The monoisotopic (exact) mass is 391 g/mol. The fourth-order valence-corrected chi connectivity index (χ4v) is 1.90. The topological polar surface area (TPSA) is 36.8 Å². The van der Waals surface area contributed by atoms with Crippen molar-refractivity contribution in [3.8, 4) is 0 Å². The largest absolute Gasteiger partial charge is 0.260 e. The molecule has 92 valence electrons. The van der Waals surface area contributed by atoms with Gasteiger partial charge >= 0.3 is 0 Å². The maximum atomic E-state index is 5.96. The minimum Gasteiger partial charge on any atom is -0.260 e. The van der Waals surface area contributed by atoms with Crippen molar-refractivity contribution in [2.75, 3.05) is 5.43 Å². The average molecular weight is 392 g/mol. The third-order valence-electron chi connectivity index (χ3n) is 2.09. The zero-order chi connectivity index (χ0) is 13.0. The highest BCUT2D eigenvalue weighted by Gasteiger charge is 1.99. The van der Waals surface area contributed by atoms with Gasteiger partial charge in [-0.3, -0.25) is 5.43 Å². The van der Waals surface area contributed by atoms with E-state index in [2.05, 4.69) is 38.4 Å². The van der Waals surface area contributed by atoms with Crippen LogP contribution in [0, 0.1) is 3.57 Å². The predicted molar refractivity (Wildman–Crippen MR) is 83.8 cm³/mol. The molecule has 0 heterocycles. The fraction of sp³-hybridized carbons (Fsp3) is 0. The average Bonchev–Trinajstić information content (AvgIpc) is 2.36. The van der Waals surface area contributed by atoms with Gasteiger partial charge in [-0.15, -0.1) is 5.11 Å². The second-order valence-corrected chi connectivity index (χ2v) is 5.50. The van der Waals surface area contributed by atoms with Crippen molar-refractivity contribution in [1.29, 1.82) is 0 Å². The smallest absolute Gasteiger partial charge is 0.107 e. The molecule has 0 fully saturated rings. The molecule has 0 aromatic heterocycles. The lowest BCUT2D eigenvalue weighted by Crippen LogP contribution is -1.85. The molecule has 0 amide bonds. The Hall–Kier alpha value is -0.850. The summed E-state index contributed by atoms with van der Waals surface area (Å²) in [6.07, 6.45) is 0. The van der Waals surface area contributed by atoms with E-state index in [1.54, 1.807) is 18.2 Å². The van der Waals surface area contributed by atoms with Gasteiger partial charge in [-0.25, -0.2) is 0 Å². The Morgan fingerprint density at radius 3 is 2.44 bits per heavy atom. The Morgan fingerprint density at radius 1 is 1.00 bits per heavy atom. The highest BCUT2D eigenvalue weighted by Crippen LogP contribution is 2.28. The third-order valence-corrected chi connectivity index (χ3v) is 3.36. The summed E-state index contributed by atoms with van der Waals surface area (Å²) in [5.41, 5.74) is 4.21. The van der Waals surface area contributed by atoms with Crippen molar-refractivity contribution < 1.29 is 0 Å². The van der Waals surface area contributed by atoms with E-state index in [0.717, 1.165) is 9.26 Å². The minimum absolute atomic E-state index is 0.507. The van der Waals surface area contributed by atoms with Crippen LogP contribution in [0.2, 0.25) is 10.0 Å². The number of nitrogens with zero attached hydrogens (tertiary/aromatic N) is 2. The van der Waals surface area contributed by atoms with Crippen LogP contribution < -0.4 is 5.43 Å². The van der Waals surface area contributed by atoms with Crippen molar-refractivity contribution in [3.63, 3.8) is 0 Å².